The molecule has 0 saturated heterocycles. The van der Waals surface area contributed by atoms with E-state index in [0.717, 1.165) is 0 Å². The predicted molar refractivity (Wildman–Crippen MR) is 89.8 cm³/mol. The molecule has 0 saturated carbocycles. The standard InChI is InChI=1S/C18H19NO3S/c1-12-10-15-16(11-13(12)2)18(20)9-8-17(15)19-23(21,22)14-6-4-3-5-7-14/h3-9,15-16H,10-11H2,1-2H3/b19-17-/t15-,16+/m0/s1. The normalized spacial score (nSPS) is 26.5. The van der Waals surface area contributed by atoms with Crippen LogP contribution < -0.4 is 0 Å². The SMILES string of the molecule is CC1=C(C)C[C@H]2C(=O)C=C/C(=N/S(=O)(=O)c3ccccc3)[C@H]2C1. The molecule has 0 radical (unpaired) electrons. The van der Waals surface area contributed by atoms with Crippen LogP contribution in [0.2, 0.25) is 0 Å². The number of ketones is 1. The van der Waals surface area contributed by atoms with Crippen molar-refractivity contribution in [2.24, 2.45) is 16.2 Å². The Bertz CT molecular complexity index is 832. The van der Waals surface area contributed by atoms with Crippen molar-refractivity contribution < 1.29 is 13.2 Å². The van der Waals surface area contributed by atoms with Crippen LogP contribution in [0.5, 0.6) is 0 Å². The van der Waals surface area contributed by atoms with Gasteiger partial charge in [0.25, 0.3) is 10.0 Å². The number of carbonyl (C=O) groups excluding carboxylic acids is 1. The average Bonchev–Trinajstić information content (AvgIpc) is 2.53. The van der Waals surface area contributed by atoms with Gasteiger partial charge < -0.3 is 0 Å². The van der Waals surface area contributed by atoms with Gasteiger partial charge in [-0.2, -0.15) is 12.8 Å². The molecule has 0 spiro atoms. The molecule has 5 heteroatoms. The number of fused-ring (bicyclic) bond motifs is 1. The number of sulfonamides is 1. The fourth-order valence-corrected chi connectivity index (χ4v) is 4.28. The van der Waals surface area contributed by atoms with Crippen LogP contribution in [0.25, 0.3) is 0 Å². The molecule has 1 aromatic rings. The van der Waals surface area contributed by atoms with E-state index >= 15 is 0 Å². The second kappa shape index (κ2) is 5.89. The first-order valence-corrected chi connectivity index (χ1v) is 9.09. The summed E-state index contributed by atoms with van der Waals surface area (Å²) in [5.74, 6) is -0.263. The van der Waals surface area contributed by atoms with E-state index in [-0.39, 0.29) is 22.5 Å². The summed E-state index contributed by atoms with van der Waals surface area (Å²) in [6.07, 6.45) is 4.41. The fraction of sp³-hybridized carbons (Fsp3) is 0.333. The van der Waals surface area contributed by atoms with Crippen molar-refractivity contribution >= 4 is 21.5 Å². The number of benzene rings is 1. The first-order chi connectivity index (χ1) is 10.9. The van der Waals surface area contributed by atoms with Gasteiger partial charge in [0.2, 0.25) is 0 Å². The molecule has 2 aliphatic carbocycles. The third-order valence-corrected chi connectivity index (χ3v) is 6.02. The molecule has 1 aromatic carbocycles. The molecule has 0 fully saturated rings. The topological polar surface area (TPSA) is 63.6 Å². The van der Waals surface area contributed by atoms with Gasteiger partial charge in [0.05, 0.1) is 10.6 Å². The van der Waals surface area contributed by atoms with Crippen molar-refractivity contribution in [1.82, 2.24) is 0 Å². The van der Waals surface area contributed by atoms with Gasteiger partial charge >= 0.3 is 0 Å². The van der Waals surface area contributed by atoms with E-state index in [2.05, 4.69) is 4.40 Å². The first-order valence-electron chi connectivity index (χ1n) is 7.65. The molecule has 0 heterocycles. The fourth-order valence-electron chi connectivity index (χ4n) is 3.20. The third kappa shape index (κ3) is 3.06. The van der Waals surface area contributed by atoms with Crippen LogP contribution in [-0.4, -0.2) is 19.9 Å². The van der Waals surface area contributed by atoms with Crippen molar-refractivity contribution in [3.63, 3.8) is 0 Å². The Hall–Kier alpha value is -2.01. The van der Waals surface area contributed by atoms with Crippen molar-refractivity contribution in [3.05, 3.63) is 53.6 Å². The lowest BCUT2D eigenvalue weighted by molar-refractivity contribution is -0.119. The van der Waals surface area contributed by atoms with Crippen molar-refractivity contribution in [2.45, 2.75) is 31.6 Å². The minimum atomic E-state index is -3.75. The molecule has 2 aliphatic rings. The molecule has 120 valence electrons. The van der Waals surface area contributed by atoms with E-state index in [0.29, 0.717) is 18.6 Å². The van der Waals surface area contributed by atoms with Gasteiger partial charge in [-0.25, -0.2) is 0 Å². The number of allylic oxidation sites excluding steroid dienone is 4. The molecule has 0 amide bonds. The lowest BCUT2D eigenvalue weighted by atomic mass is 9.70. The minimum absolute atomic E-state index is 0.0675. The summed E-state index contributed by atoms with van der Waals surface area (Å²) in [4.78, 5) is 12.3. The molecule has 4 nitrogen and oxygen atoms in total. The van der Waals surface area contributed by atoms with Gasteiger partial charge in [-0.3, -0.25) is 4.79 Å². The summed E-state index contributed by atoms with van der Waals surface area (Å²) in [6, 6.07) is 8.18. The average molecular weight is 329 g/mol. The quantitative estimate of drug-likeness (QED) is 0.782. The molecule has 23 heavy (non-hydrogen) atoms. The third-order valence-electron chi connectivity index (χ3n) is 4.70. The Morgan fingerprint density at radius 2 is 1.57 bits per heavy atom. The van der Waals surface area contributed by atoms with Crippen molar-refractivity contribution in [3.8, 4) is 0 Å². The van der Waals surface area contributed by atoms with Crippen LogP contribution in [0.1, 0.15) is 26.7 Å². The van der Waals surface area contributed by atoms with Crippen LogP contribution in [0.15, 0.2) is 62.9 Å². The Morgan fingerprint density at radius 3 is 2.22 bits per heavy atom. The molecular formula is C18H19NO3S. The highest BCUT2D eigenvalue weighted by Crippen LogP contribution is 2.38. The Kier molecular flexibility index (Phi) is 4.06. The van der Waals surface area contributed by atoms with Gasteiger partial charge in [0.1, 0.15) is 0 Å². The molecule has 2 atom stereocenters. The molecule has 0 bridgehead atoms. The van der Waals surface area contributed by atoms with Gasteiger partial charge in [-0.1, -0.05) is 29.3 Å². The van der Waals surface area contributed by atoms with Crippen LogP contribution in [0.3, 0.4) is 0 Å². The zero-order valence-corrected chi connectivity index (χ0v) is 14.0. The molecule has 0 aliphatic heterocycles. The zero-order chi connectivity index (χ0) is 16.6. The highest BCUT2D eigenvalue weighted by atomic mass is 32.2. The predicted octanol–water partition coefficient (Wildman–Crippen LogP) is 3.32. The lowest BCUT2D eigenvalue weighted by Gasteiger charge is -2.33. The van der Waals surface area contributed by atoms with Crippen LogP contribution in [-0.2, 0) is 14.8 Å². The van der Waals surface area contributed by atoms with Gasteiger partial charge in [-0.15, -0.1) is 0 Å². The molecule has 0 aromatic heterocycles. The molecule has 0 N–H and O–H groups in total. The minimum Gasteiger partial charge on any atom is -0.295 e. The maximum atomic E-state index is 12.5. The van der Waals surface area contributed by atoms with Crippen LogP contribution in [0.4, 0.5) is 0 Å². The lowest BCUT2D eigenvalue weighted by Crippen LogP contribution is -2.35. The van der Waals surface area contributed by atoms with E-state index in [1.165, 1.54) is 29.4 Å². The molecule has 0 unspecified atom stereocenters. The summed E-state index contributed by atoms with van der Waals surface area (Å²) >= 11 is 0. The summed E-state index contributed by atoms with van der Waals surface area (Å²) in [5.41, 5.74) is 2.93. The Balaban J connectivity index is 2.02. The first kappa shape index (κ1) is 15.9. The van der Waals surface area contributed by atoms with Gasteiger partial charge in [-0.05, 0) is 51.0 Å². The van der Waals surface area contributed by atoms with Gasteiger partial charge in [0.15, 0.2) is 5.78 Å². The Morgan fingerprint density at radius 1 is 0.957 bits per heavy atom. The maximum absolute atomic E-state index is 12.5. The Labute approximate surface area is 136 Å². The van der Waals surface area contributed by atoms with E-state index in [4.69, 9.17) is 0 Å². The molecular weight excluding hydrogens is 310 g/mol. The number of rotatable bonds is 2. The van der Waals surface area contributed by atoms with Crippen LogP contribution >= 0.6 is 0 Å². The second-order valence-electron chi connectivity index (χ2n) is 6.22. The van der Waals surface area contributed by atoms with E-state index in [9.17, 15) is 13.2 Å². The summed E-state index contributed by atoms with van der Waals surface area (Å²) in [5, 5.41) is 0. The second-order valence-corrected chi connectivity index (χ2v) is 7.83. The van der Waals surface area contributed by atoms with E-state index in [1.54, 1.807) is 24.3 Å². The van der Waals surface area contributed by atoms with Crippen LogP contribution in [0, 0.1) is 11.8 Å². The van der Waals surface area contributed by atoms with Gasteiger partial charge in [0, 0.05) is 11.8 Å². The number of hydrogen-bond acceptors (Lipinski definition) is 3. The number of hydrogen-bond donors (Lipinski definition) is 0. The summed E-state index contributed by atoms with van der Waals surface area (Å²) in [7, 11) is -3.75. The zero-order valence-electron chi connectivity index (χ0n) is 13.2. The molecule has 3 rings (SSSR count). The highest BCUT2D eigenvalue weighted by molar-refractivity contribution is 7.90. The largest absolute Gasteiger partial charge is 0.295 e. The number of nitrogens with zero attached hydrogens (tertiary/aromatic N) is 1. The van der Waals surface area contributed by atoms with Crippen molar-refractivity contribution in [2.75, 3.05) is 0 Å². The summed E-state index contributed by atoms with van der Waals surface area (Å²) < 4.78 is 29.0. The van der Waals surface area contributed by atoms with E-state index in [1.807, 2.05) is 13.8 Å². The maximum Gasteiger partial charge on any atom is 0.282 e. The number of carbonyl (C=O) groups is 1. The van der Waals surface area contributed by atoms with Crippen molar-refractivity contribution in [1.29, 1.82) is 0 Å². The monoisotopic (exact) mass is 329 g/mol. The smallest absolute Gasteiger partial charge is 0.282 e. The summed E-state index contributed by atoms with van der Waals surface area (Å²) in [6.45, 7) is 4.08. The van der Waals surface area contributed by atoms with E-state index < -0.39 is 10.0 Å². The highest BCUT2D eigenvalue weighted by Gasteiger charge is 2.37.